The molecule has 4 heteroatoms. The number of anilines is 1. The summed E-state index contributed by atoms with van der Waals surface area (Å²) in [5, 5.41) is 0.206. The van der Waals surface area contributed by atoms with Crippen molar-refractivity contribution in [3.63, 3.8) is 0 Å². The molecule has 1 aromatic carbocycles. The number of hydrogen-bond acceptors (Lipinski definition) is 2. The fourth-order valence-corrected chi connectivity index (χ4v) is 1.04. The van der Waals surface area contributed by atoms with Gasteiger partial charge in [-0.05, 0) is 26.0 Å². The first kappa shape index (κ1) is 10.9. The van der Waals surface area contributed by atoms with Crippen molar-refractivity contribution in [2.24, 2.45) is 0 Å². The number of allylic oxidation sites excluding steroid dienone is 2. The lowest BCUT2D eigenvalue weighted by Crippen LogP contribution is -1.95. The summed E-state index contributed by atoms with van der Waals surface area (Å²) in [5.74, 6) is 0.500. The smallest absolute Gasteiger partial charge is 0.147 e. The highest BCUT2D eigenvalue weighted by atomic mass is 35.5. The van der Waals surface area contributed by atoms with Crippen LogP contribution in [-0.4, -0.2) is 0 Å². The topological polar surface area (TPSA) is 35.2 Å². The summed E-state index contributed by atoms with van der Waals surface area (Å²) in [6.07, 6.45) is 1.77. The molecule has 0 heterocycles. The van der Waals surface area contributed by atoms with E-state index in [4.69, 9.17) is 22.1 Å². The molecule has 14 heavy (non-hydrogen) atoms. The van der Waals surface area contributed by atoms with Crippen LogP contribution in [0.4, 0.5) is 10.1 Å². The van der Waals surface area contributed by atoms with Crippen LogP contribution in [0.25, 0.3) is 0 Å². The Kier molecular flexibility index (Phi) is 3.36. The molecule has 0 radical (unpaired) electrons. The predicted octanol–water partition coefficient (Wildman–Crippen LogP) is 3.36. The SMILES string of the molecule is C/C=C(/C)Oc1cc(N)c(F)cc1Cl. The van der Waals surface area contributed by atoms with Crippen molar-refractivity contribution in [3.8, 4) is 5.75 Å². The van der Waals surface area contributed by atoms with Crippen LogP contribution < -0.4 is 10.5 Å². The van der Waals surface area contributed by atoms with Gasteiger partial charge in [0.2, 0.25) is 0 Å². The highest BCUT2D eigenvalue weighted by Crippen LogP contribution is 2.30. The van der Waals surface area contributed by atoms with Crippen molar-refractivity contribution in [1.82, 2.24) is 0 Å². The number of ether oxygens (including phenoxy) is 1. The van der Waals surface area contributed by atoms with Crippen molar-refractivity contribution in [3.05, 3.63) is 34.8 Å². The number of hydrogen-bond donors (Lipinski definition) is 1. The number of halogens is 2. The molecule has 0 atom stereocenters. The summed E-state index contributed by atoms with van der Waals surface area (Å²) in [7, 11) is 0. The van der Waals surface area contributed by atoms with Gasteiger partial charge in [0.1, 0.15) is 11.6 Å². The summed E-state index contributed by atoms with van der Waals surface area (Å²) in [4.78, 5) is 0. The van der Waals surface area contributed by atoms with E-state index in [-0.39, 0.29) is 10.7 Å². The zero-order valence-corrected chi connectivity index (χ0v) is 8.73. The zero-order valence-electron chi connectivity index (χ0n) is 7.97. The van der Waals surface area contributed by atoms with E-state index in [1.54, 1.807) is 13.0 Å². The second-order valence-electron chi connectivity index (χ2n) is 2.81. The normalized spacial score (nSPS) is 11.6. The largest absolute Gasteiger partial charge is 0.461 e. The van der Waals surface area contributed by atoms with Gasteiger partial charge in [-0.25, -0.2) is 4.39 Å². The van der Waals surface area contributed by atoms with Gasteiger partial charge in [0, 0.05) is 6.07 Å². The summed E-state index contributed by atoms with van der Waals surface area (Å²) in [6, 6.07) is 2.50. The molecular formula is C10H11ClFNO. The number of nitrogen functional groups attached to an aromatic ring is 1. The van der Waals surface area contributed by atoms with Gasteiger partial charge >= 0.3 is 0 Å². The molecule has 0 saturated carbocycles. The Morgan fingerprint density at radius 2 is 2.21 bits per heavy atom. The molecule has 0 fully saturated rings. The number of benzene rings is 1. The second kappa shape index (κ2) is 4.33. The van der Waals surface area contributed by atoms with Gasteiger partial charge in [0.25, 0.3) is 0 Å². The van der Waals surface area contributed by atoms with E-state index in [1.807, 2.05) is 6.92 Å². The highest BCUT2D eigenvalue weighted by molar-refractivity contribution is 6.32. The van der Waals surface area contributed by atoms with Crippen LogP contribution >= 0.6 is 11.6 Å². The maximum Gasteiger partial charge on any atom is 0.147 e. The Hall–Kier alpha value is -1.22. The van der Waals surface area contributed by atoms with Crippen LogP contribution in [0.2, 0.25) is 5.02 Å². The molecule has 0 aromatic heterocycles. The van der Waals surface area contributed by atoms with Crippen molar-refractivity contribution in [1.29, 1.82) is 0 Å². The molecule has 0 saturated heterocycles. The molecule has 0 amide bonds. The van der Waals surface area contributed by atoms with Gasteiger partial charge in [-0.3, -0.25) is 0 Å². The Morgan fingerprint density at radius 1 is 1.57 bits per heavy atom. The lowest BCUT2D eigenvalue weighted by molar-refractivity contribution is 0.426. The highest BCUT2D eigenvalue weighted by Gasteiger charge is 2.07. The molecule has 0 aliphatic carbocycles. The average molecular weight is 216 g/mol. The van der Waals surface area contributed by atoms with Gasteiger partial charge in [-0.2, -0.15) is 0 Å². The summed E-state index contributed by atoms with van der Waals surface area (Å²) in [5.41, 5.74) is 5.40. The predicted molar refractivity (Wildman–Crippen MR) is 55.9 cm³/mol. The fourth-order valence-electron chi connectivity index (χ4n) is 0.855. The standard InChI is InChI=1S/C10H11ClFNO/c1-3-6(2)14-10-5-9(13)8(12)4-7(10)11/h3-5H,13H2,1-2H3/b6-3-. The maximum absolute atomic E-state index is 12.9. The first-order valence-electron chi connectivity index (χ1n) is 4.10. The summed E-state index contributed by atoms with van der Waals surface area (Å²) < 4.78 is 18.2. The van der Waals surface area contributed by atoms with Crippen LogP contribution in [0.1, 0.15) is 13.8 Å². The van der Waals surface area contributed by atoms with Crippen molar-refractivity contribution < 1.29 is 9.13 Å². The van der Waals surface area contributed by atoms with Crippen molar-refractivity contribution >= 4 is 17.3 Å². The Morgan fingerprint density at radius 3 is 2.79 bits per heavy atom. The number of rotatable bonds is 2. The minimum absolute atomic E-state index is 0.0216. The van der Waals surface area contributed by atoms with Crippen LogP contribution in [0.5, 0.6) is 5.75 Å². The second-order valence-corrected chi connectivity index (χ2v) is 3.21. The molecule has 0 unspecified atom stereocenters. The molecule has 2 nitrogen and oxygen atoms in total. The van der Waals surface area contributed by atoms with Gasteiger partial charge in [0.05, 0.1) is 16.5 Å². The van der Waals surface area contributed by atoms with Crippen LogP contribution in [0.3, 0.4) is 0 Å². The molecule has 2 N–H and O–H groups in total. The van der Waals surface area contributed by atoms with Gasteiger partial charge in [-0.1, -0.05) is 11.6 Å². The van der Waals surface area contributed by atoms with E-state index in [0.29, 0.717) is 11.5 Å². The van der Waals surface area contributed by atoms with E-state index in [9.17, 15) is 4.39 Å². The van der Waals surface area contributed by atoms with E-state index < -0.39 is 5.82 Å². The monoisotopic (exact) mass is 215 g/mol. The van der Waals surface area contributed by atoms with Crippen molar-refractivity contribution in [2.75, 3.05) is 5.73 Å². The van der Waals surface area contributed by atoms with Crippen LogP contribution in [0, 0.1) is 5.82 Å². The van der Waals surface area contributed by atoms with Crippen LogP contribution in [-0.2, 0) is 0 Å². The summed E-state index contributed by atoms with van der Waals surface area (Å²) in [6.45, 7) is 3.60. The van der Waals surface area contributed by atoms with Gasteiger partial charge < -0.3 is 10.5 Å². The lowest BCUT2D eigenvalue weighted by atomic mass is 10.3. The van der Waals surface area contributed by atoms with E-state index in [1.165, 1.54) is 6.07 Å². The molecule has 1 aromatic rings. The molecular weight excluding hydrogens is 205 g/mol. The first-order chi connectivity index (χ1) is 6.54. The van der Waals surface area contributed by atoms with E-state index >= 15 is 0 Å². The molecule has 0 aliphatic rings. The average Bonchev–Trinajstić information content (AvgIpc) is 2.14. The molecule has 1 rings (SSSR count). The molecule has 0 spiro atoms. The molecule has 0 bridgehead atoms. The number of nitrogens with two attached hydrogens (primary N) is 1. The Balaban J connectivity index is 3.04. The van der Waals surface area contributed by atoms with E-state index in [0.717, 1.165) is 6.07 Å². The first-order valence-corrected chi connectivity index (χ1v) is 4.47. The third kappa shape index (κ3) is 2.39. The Bertz CT molecular complexity index is 377. The molecule has 76 valence electrons. The summed E-state index contributed by atoms with van der Waals surface area (Å²) >= 11 is 5.75. The molecule has 0 aliphatic heterocycles. The lowest BCUT2D eigenvalue weighted by Gasteiger charge is -2.08. The third-order valence-electron chi connectivity index (χ3n) is 1.73. The minimum atomic E-state index is -0.541. The van der Waals surface area contributed by atoms with E-state index in [2.05, 4.69) is 0 Å². The van der Waals surface area contributed by atoms with Gasteiger partial charge in [0.15, 0.2) is 0 Å². The quantitative estimate of drug-likeness (QED) is 0.607. The maximum atomic E-state index is 12.9. The Labute approximate surface area is 87.1 Å². The van der Waals surface area contributed by atoms with Crippen molar-refractivity contribution in [2.45, 2.75) is 13.8 Å². The van der Waals surface area contributed by atoms with Crippen LogP contribution in [0.15, 0.2) is 24.0 Å². The third-order valence-corrected chi connectivity index (χ3v) is 2.02. The fraction of sp³-hybridized carbons (Fsp3) is 0.200. The van der Waals surface area contributed by atoms with Gasteiger partial charge in [-0.15, -0.1) is 0 Å². The minimum Gasteiger partial charge on any atom is -0.461 e. The zero-order chi connectivity index (χ0) is 10.7.